The minimum absolute atomic E-state index is 0.670. The van der Waals surface area contributed by atoms with Crippen LogP contribution in [-0.4, -0.2) is 15.0 Å². The van der Waals surface area contributed by atoms with E-state index in [0.717, 1.165) is 116 Å². The molecule has 0 saturated heterocycles. The molecule has 0 bridgehead atoms. The lowest BCUT2D eigenvalue weighted by Gasteiger charge is -2.13. The van der Waals surface area contributed by atoms with Gasteiger partial charge in [-0.15, -0.1) is 0 Å². The Labute approximate surface area is 332 Å². The maximum absolute atomic E-state index is 6.36. The molecule has 0 fully saturated rings. The van der Waals surface area contributed by atoms with Crippen LogP contribution in [0.25, 0.3) is 122 Å². The van der Waals surface area contributed by atoms with Gasteiger partial charge in [0.2, 0.25) is 0 Å². The quantitative estimate of drug-likeness (QED) is 0.164. The van der Waals surface area contributed by atoms with Crippen LogP contribution in [-0.2, 0) is 0 Å². The lowest BCUT2D eigenvalue weighted by Crippen LogP contribution is -1.96. The molecule has 12 aromatic rings. The van der Waals surface area contributed by atoms with Gasteiger partial charge in [-0.25, -0.2) is 15.0 Å². The Kier molecular flexibility index (Phi) is 7.16. The SMILES string of the molecule is c1ccc(-c2nc(-c3ccc(-c4ccc5c(c4)nc(-c4ccccc4)c4ccc6oc7ccccc7c6c45)cc3)cc(-c3ccc4c(c3)oc3ccccc34)n2)cc1. The van der Waals surface area contributed by atoms with Crippen LogP contribution in [0.5, 0.6) is 0 Å². The van der Waals surface area contributed by atoms with Crippen LogP contribution in [0.15, 0.2) is 197 Å². The van der Waals surface area contributed by atoms with E-state index in [0.29, 0.717) is 5.82 Å². The summed E-state index contributed by atoms with van der Waals surface area (Å²) in [6.07, 6.45) is 0. The van der Waals surface area contributed by atoms with Crippen LogP contribution in [0.2, 0.25) is 0 Å². The zero-order valence-corrected chi connectivity index (χ0v) is 31.1. The molecule has 0 unspecified atom stereocenters. The van der Waals surface area contributed by atoms with Gasteiger partial charge in [0.05, 0.1) is 22.6 Å². The molecule has 0 saturated carbocycles. The first-order valence-electron chi connectivity index (χ1n) is 19.4. The summed E-state index contributed by atoms with van der Waals surface area (Å²) in [5.41, 5.74) is 13.2. The van der Waals surface area contributed by atoms with Crippen molar-refractivity contribution in [1.82, 2.24) is 15.0 Å². The van der Waals surface area contributed by atoms with E-state index in [1.54, 1.807) is 0 Å². The fraction of sp³-hybridized carbons (Fsp3) is 0. The van der Waals surface area contributed by atoms with Crippen LogP contribution in [0.1, 0.15) is 0 Å². The number of para-hydroxylation sites is 2. The van der Waals surface area contributed by atoms with Gasteiger partial charge < -0.3 is 8.83 Å². The fourth-order valence-electron chi connectivity index (χ4n) is 8.48. The first-order chi connectivity index (χ1) is 28.7. The molecular formula is C53H31N3O2. The smallest absolute Gasteiger partial charge is 0.160 e. The van der Waals surface area contributed by atoms with Crippen LogP contribution in [0, 0.1) is 0 Å². The average Bonchev–Trinajstić information content (AvgIpc) is 3.87. The van der Waals surface area contributed by atoms with Gasteiger partial charge in [-0.1, -0.05) is 140 Å². The summed E-state index contributed by atoms with van der Waals surface area (Å²) in [5.74, 6) is 0.670. The van der Waals surface area contributed by atoms with Crippen molar-refractivity contribution in [2.75, 3.05) is 0 Å². The number of aromatic nitrogens is 3. The molecule has 58 heavy (non-hydrogen) atoms. The second-order valence-corrected chi connectivity index (χ2v) is 14.7. The number of hydrogen-bond donors (Lipinski definition) is 0. The predicted molar refractivity (Wildman–Crippen MR) is 237 cm³/mol. The highest BCUT2D eigenvalue weighted by atomic mass is 16.3. The molecule has 0 aliphatic heterocycles. The highest BCUT2D eigenvalue weighted by Gasteiger charge is 2.18. The molecule has 0 amide bonds. The van der Waals surface area contributed by atoms with Gasteiger partial charge in [0.1, 0.15) is 22.3 Å². The van der Waals surface area contributed by atoms with Crippen molar-refractivity contribution in [3.05, 3.63) is 188 Å². The van der Waals surface area contributed by atoms with E-state index in [1.807, 2.05) is 54.6 Å². The summed E-state index contributed by atoms with van der Waals surface area (Å²) < 4.78 is 12.6. The minimum atomic E-state index is 0.670. The van der Waals surface area contributed by atoms with Gasteiger partial charge >= 0.3 is 0 Å². The number of furan rings is 2. The van der Waals surface area contributed by atoms with Crippen LogP contribution in [0.3, 0.4) is 0 Å². The summed E-state index contributed by atoms with van der Waals surface area (Å²) in [5, 5.41) is 7.76. The average molecular weight is 742 g/mol. The fourth-order valence-corrected chi connectivity index (χ4v) is 8.48. The van der Waals surface area contributed by atoms with Gasteiger partial charge in [-0.2, -0.15) is 0 Å². The molecule has 5 nitrogen and oxygen atoms in total. The van der Waals surface area contributed by atoms with Gasteiger partial charge in [0, 0.05) is 60.0 Å². The van der Waals surface area contributed by atoms with E-state index in [1.165, 1.54) is 0 Å². The van der Waals surface area contributed by atoms with Crippen molar-refractivity contribution >= 4 is 65.6 Å². The third-order valence-electron chi connectivity index (χ3n) is 11.3. The zero-order valence-electron chi connectivity index (χ0n) is 31.1. The molecule has 0 N–H and O–H groups in total. The van der Waals surface area contributed by atoms with E-state index in [-0.39, 0.29) is 0 Å². The zero-order chi connectivity index (χ0) is 38.2. The summed E-state index contributed by atoms with van der Waals surface area (Å²) in [7, 11) is 0. The van der Waals surface area contributed by atoms with Crippen molar-refractivity contribution in [1.29, 1.82) is 0 Å². The molecule has 0 radical (unpaired) electrons. The van der Waals surface area contributed by atoms with Gasteiger partial charge in [0.15, 0.2) is 5.82 Å². The largest absolute Gasteiger partial charge is 0.456 e. The van der Waals surface area contributed by atoms with E-state index >= 15 is 0 Å². The highest BCUT2D eigenvalue weighted by molar-refractivity contribution is 6.28. The van der Waals surface area contributed by atoms with E-state index in [9.17, 15) is 0 Å². The summed E-state index contributed by atoms with van der Waals surface area (Å²) in [6, 6.07) is 64.9. The molecule has 0 spiro atoms. The van der Waals surface area contributed by atoms with Crippen molar-refractivity contribution in [3.63, 3.8) is 0 Å². The maximum atomic E-state index is 6.36. The van der Waals surface area contributed by atoms with Crippen molar-refractivity contribution < 1.29 is 8.83 Å². The van der Waals surface area contributed by atoms with Crippen LogP contribution in [0.4, 0.5) is 0 Å². The Morgan fingerprint density at radius 3 is 1.66 bits per heavy atom. The van der Waals surface area contributed by atoms with Crippen molar-refractivity contribution in [2.45, 2.75) is 0 Å². The van der Waals surface area contributed by atoms with E-state index < -0.39 is 0 Å². The standard InChI is InChI=1S/C53H31N3O2/c1-3-11-34(12-4-1)52-42-27-28-48-51(41-16-8-10-18-47(41)57-48)50(42)40-26-23-36(29-45(40)54-52)32-19-21-33(22-20-32)43-31-44(56-53(55-43)35-13-5-2-6-14-35)37-24-25-39-38-15-7-9-17-46(38)58-49(39)30-37/h1-31H. The Bertz CT molecular complexity index is 3550. The first kappa shape index (κ1) is 32.4. The Morgan fingerprint density at radius 1 is 0.293 bits per heavy atom. The third kappa shape index (κ3) is 5.21. The monoisotopic (exact) mass is 741 g/mol. The van der Waals surface area contributed by atoms with Crippen LogP contribution < -0.4 is 0 Å². The topological polar surface area (TPSA) is 65.0 Å². The molecule has 5 heteroatoms. The third-order valence-corrected chi connectivity index (χ3v) is 11.3. The summed E-state index contributed by atoms with van der Waals surface area (Å²) in [4.78, 5) is 15.5. The number of nitrogens with zero attached hydrogens (tertiary/aromatic N) is 3. The maximum Gasteiger partial charge on any atom is 0.160 e. The number of fused-ring (bicyclic) bond motifs is 10. The Hall–Kier alpha value is -7.89. The molecule has 270 valence electrons. The Balaban J connectivity index is 0.981. The summed E-state index contributed by atoms with van der Waals surface area (Å²) in [6.45, 7) is 0. The lowest BCUT2D eigenvalue weighted by atomic mass is 9.94. The Morgan fingerprint density at radius 2 is 0.862 bits per heavy atom. The number of hydrogen-bond acceptors (Lipinski definition) is 5. The molecule has 0 aliphatic rings. The second kappa shape index (κ2) is 12.8. The van der Waals surface area contributed by atoms with Crippen LogP contribution >= 0.6 is 0 Å². The minimum Gasteiger partial charge on any atom is -0.456 e. The van der Waals surface area contributed by atoms with E-state index in [2.05, 4.69) is 133 Å². The lowest BCUT2D eigenvalue weighted by molar-refractivity contribution is 0.668. The number of benzene rings is 8. The highest BCUT2D eigenvalue weighted by Crippen LogP contribution is 2.42. The number of rotatable bonds is 5. The van der Waals surface area contributed by atoms with Gasteiger partial charge in [-0.3, -0.25) is 0 Å². The van der Waals surface area contributed by atoms with Crippen molar-refractivity contribution in [2.24, 2.45) is 0 Å². The molecular weight excluding hydrogens is 711 g/mol. The molecule has 8 aromatic carbocycles. The normalized spacial score (nSPS) is 11.8. The predicted octanol–water partition coefficient (Wildman–Crippen LogP) is 14.3. The van der Waals surface area contributed by atoms with Gasteiger partial charge in [-0.05, 0) is 59.7 Å². The van der Waals surface area contributed by atoms with E-state index in [4.69, 9.17) is 23.8 Å². The van der Waals surface area contributed by atoms with Crippen molar-refractivity contribution in [3.8, 4) is 56.3 Å². The molecule has 0 aliphatic carbocycles. The molecule has 12 rings (SSSR count). The summed E-state index contributed by atoms with van der Waals surface area (Å²) >= 11 is 0. The molecule has 0 atom stereocenters. The molecule has 4 aromatic heterocycles. The second-order valence-electron chi connectivity index (χ2n) is 14.7. The van der Waals surface area contributed by atoms with Gasteiger partial charge in [0.25, 0.3) is 0 Å². The first-order valence-corrected chi connectivity index (χ1v) is 19.4. The molecule has 4 heterocycles. The number of pyridine rings is 1.